The zero-order valence-electron chi connectivity index (χ0n) is 14.0. The molecule has 1 heterocycles. The number of fused-ring (bicyclic) bond motifs is 1. The molecule has 0 aromatic heterocycles. The Hall–Kier alpha value is -0.230. The summed E-state index contributed by atoms with van der Waals surface area (Å²) in [5.74, 6) is -2.35. The van der Waals surface area contributed by atoms with Crippen molar-refractivity contribution in [2.45, 2.75) is 67.8 Å². The SMILES string of the molecule is CC1(C)CN(c2ccc(SC(F)F)cc2)[C@@H]2CCCC[C@H]2N1.Cl.Cl. The molecule has 1 N–H and O–H groups in total. The number of anilines is 1. The molecule has 2 aliphatic rings. The molecule has 0 amide bonds. The van der Waals surface area contributed by atoms with E-state index in [-0.39, 0.29) is 30.4 Å². The third-order valence-electron chi connectivity index (χ3n) is 4.67. The normalized spacial score (nSPS) is 25.5. The van der Waals surface area contributed by atoms with Gasteiger partial charge in [0, 0.05) is 34.8 Å². The van der Waals surface area contributed by atoms with E-state index < -0.39 is 5.76 Å². The second-order valence-electron chi connectivity index (χ2n) is 6.99. The lowest BCUT2D eigenvalue weighted by Crippen LogP contribution is -2.67. The Morgan fingerprint density at radius 1 is 1.12 bits per heavy atom. The summed E-state index contributed by atoms with van der Waals surface area (Å²) in [7, 11) is 0. The van der Waals surface area contributed by atoms with Crippen LogP contribution >= 0.6 is 36.6 Å². The van der Waals surface area contributed by atoms with Crippen molar-refractivity contribution in [3.8, 4) is 0 Å². The highest BCUT2D eigenvalue weighted by molar-refractivity contribution is 7.99. The second kappa shape index (κ2) is 8.93. The molecule has 1 aromatic rings. The lowest BCUT2D eigenvalue weighted by atomic mass is 9.83. The number of alkyl halides is 2. The number of halogens is 4. The van der Waals surface area contributed by atoms with E-state index >= 15 is 0 Å². The van der Waals surface area contributed by atoms with Crippen molar-refractivity contribution in [2.24, 2.45) is 0 Å². The minimum Gasteiger partial charge on any atom is -0.365 e. The minimum atomic E-state index is -2.35. The molecular formula is C17H26Cl2F2N2S. The predicted octanol–water partition coefficient (Wildman–Crippen LogP) is 5.34. The molecule has 1 aliphatic heterocycles. The van der Waals surface area contributed by atoms with Crippen LogP contribution in [0.25, 0.3) is 0 Å². The van der Waals surface area contributed by atoms with Crippen molar-refractivity contribution >= 4 is 42.3 Å². The number of rotatable bonds is 3. The fourth-order valence-corrected chi connectivity index (χ4v) is 4.34. The number of piperazine rings is 1. The van der Waals surface area contributed by atoms with E-state index in [4.69, 9.17) is 0 Å². The van der Waals surface area contributed by atoms with Crippen molar-refractivity contribution in [2.75, 3.05) is 11.4 Å². The third kappa shape index (κ3) is 5.13. The van der Waals surface area contributed by atoms with Gasteiger partial charge in [-0.1, -0.05) is 24.6 Å². The predicted molar refractivity (Wildman–Crippen MR) is 103 cm³/mol. The highest BCUT2D eigenvalue weighted by Gasteiger charge is 2.40. The van der Waals surface area contributed by atoms with Gasteiger partial charge in [0.15, 0.2) is 0 Å². The molecule has 2 nitrogen and oxygen atoms in total. The van der Waals surface area contributed by atoms with Crippen LogP contribution in [-0.4, -0.2) is 29.9 Å². The number of hydrogen-bond donors (Lipinski definition) is 1. The molecule has 1 saturated carbocycles. The summed E-state index contributed by atoms with van der Waals surface area (Å²) in [5, 5.41) is 3.79. The van der Waals surface area contributed by atoms with Crippen LogP contribution < -0.4 is 10.2 Å². The summed E-state index contributed by atoms with van der Waals surface area (Å²) < 4.78 is 24.9. The second-order valence-corrected chi connectivity index (χ2v) is 8.05. The van der Waals surface area contributed by atoms with Crippen LogP contribution in [0.1, 0.15) is 39.5 Å². The molecule has 0 spiro atoms. The maximum atomic E-state index is 12.4. The first-order valence-electron chi connectivity index (χ1n) is 8.04. The quantitative estimate of drug-likeness (QED) is 0.691. The summed E-state index contributed by atoms with van der Waals surface area (Å²) >= 11 is 0.612. The first-order chi connectivity index (χ1) is 10.4. The summed E-state index contributed by atoms with van der Waals surface area (Å²) in [5.41, 5.74) is 1.24. The van der Waals surface area contributed by atoms with Gasteiger partial charge in [0.1, 0.15) is 0 Å². The Labute approximate surface area is 160 Å². The van der Waals surface area contributed by atoms with E-state index in [9.17, 15) is 8.78 Å². The molecule has 0 bridgehead atoms. The van der Waals surface area contributed by atoms with Crippen LogP contribution in [0.2, 0.25) is 0 Å². The van der Waals surface area contributed by atoms with Gasteiger partial charge in [-0.2, -0.15) is 8.78 Å². The van der Waals surface area contributed by atoms with Gasteiger partial charge in [-0.05, 0) is 51.0 Å². The van der Waals surface area contributed by atoms with Crippen LogP contribution in [0.4, 0.5) is 14.5 Å². The first-order valence-corrected chi connectivity index (χ1v) is 8.92. The number of benzene rings is 1. The van der Waals surface area contributed by atoms with Gasteiger partial charge in [-0.15, -0.1) is 24.8 Å². The van der Waals surface area contributed by atoms with Crippen LogP contribution in [0.3, 0.4) is 0 Å². The molecule has 2 atom stereocenters. The molecule has 1 saturated heterocycles. The summed E-state index contributed by atoms with van der Waals surface area (Å²) in [4.78, 5) is 3.12. The van der Waals surface area contributed by atoms with Crippen molar-refractivity contribution in [1.82, 2.24) is 5.32 Å². The molecule has 1 aromatic carbocycles. The van der Waals surface area contributed by atoms with Gasteiger partial charge in [-0.3, -0.25) is 0 Å². The summed E-state index contributed by atoms with van der Waals surface area (Å²) in [6.07, 6.45) is 5.01. The van der Waals surface area contributed by atoms with E-state index in [2.05, 4.69) is 24.1 Å². The number of nitrogens with one attached hydrogen (secondary N) is 1. The summed E-state index contributed by atoms with van der Waals surface area (Å²) in [6, 6.07) is 8.69. The zero-order valence-corrected chi connectivity index (χ0v) is 16.5. The van der Waals surface area contributed by atoms with Crippen molar-refractivity contribution in [3.05, 3.63) is 24.3 Å². The average Bonchev–Trinajstić information content (AvgIpc) is 2.45. The van der Waals surface area contributed by atoms with E-state index in [0.717, 1.165) is 12.2 Å². The molecule has 3 rings (SSSR count). The molecule has 2 fully saturated rings. The smallest absolute Gasteiger partial charge is 0.288 e. The van der Waals surface area contributed by atoms with E-state index in [1.54, 1.807) is 0 Å². The maximum Gasteiger partial charge on any atom is 0.288 e. The molecule has 0 radical (unpaired) electrons. The first kappa shape index (κ1) is 21.8. The van der Waals surface area contributed by atoms with Crippen LogP contribution in [0.5, 0.6) is 0 Å². The Morgan fingerprint density at radius 3 is 2.38 bits per heavy atom. The van der Waals surface area contributed by atoms with Crippen molar-refractivity contribution < 1.29 is 8.78 Å². The standard InChI is InChI=1S/C17H24F2N2S.2ClH/c1-17(2)11-21(15-6-4-3-5-14(15)20-17)12-7-9-13(10-8-12)22-16(18)19;;/h7-10,14-16,20H,3-6,11H2,1-2H3;2*1H/t14-,15-;;/m1../s1. The fourth-order valence-electron chi connectivity index (χ4n) is 3.85. The van der Waals surface area contributed by atoms with E-state index in [0.29, 0.717) is 28.7 Å². The number of hydrogen-bond acceptors (Lipinski definition) is 3. The lowest BCUT2D eigenvalue weighted by molar-refractivity contribution is 0.199. The van der Waals surface area contributed by atoms with Crippen molar-refractivity contribution in [1.29, 1.82) is 0 Å². The van der Waals surface area contributed by atoms with Crippen LogP contribution in [-0.2, 0) is 0 Å². The largest absolute Gasteiger partial charge is 0.365 e. The van der Waals surface area contributed by atoms with Gasteiger partial charge < -0.3 is 10.2 Å². The molecule has 24 heavy (non-hydrogen) atoms. The topological polar surface area (TPSA) is 15.3 Å². The highest BCUT2D eigenvalue weighted by Crippen LogP contribution is 2.35. The molecule has 138 valence electrons. The number of thioether (sulfide) groups is 1. The molecule has 0 unspecified atom stereocenters. The van der Waals surface area contributed by atoms with Gasteiger partial charge in [0.05, 0.1) is 0 Å². The van der Waals surface area contributed by atoms with Gasteiger partial charge in [0.2, 0.25) is 0 Å². The zero-order chi connectivity index (χ0) is 15.7. The molecular weight excluding hydrogens is 373 g/mol. The van der Waals surface area contributed by atoms with Gasteiger partial charge in [0.25, 0.3) is 5.76 Å². The van der Waals surface area contributed by atoms with Crippen molar-refractivity contribution in [3.63, 3.8) is 0 Å². The third-order valence-corrected chi connectivity index (χ3v) is 5.39. The fraction of sp³-hybridized carbons (Fsp3) is 0.647. The lowest BCUT2D eigenvalue weighted by Gasteiger charge is -2.52. The maximum absolute atomic E-state index is 12.4. The monoisotopic (exact) mass is 398 g/mol. The van der Waals surface area contributed by atoms with Gasteiger partial charge >= 0.3 is 0 Å². The Kier molecular flexibility index (Phi) is 8.11. The number of nitrogens with zero attached hydrogens (tertiary/aromatic N) is 1. The minimum absolute atomic E-state index is 0. The highest BCUT2D eigenvalue weighted by atomic mass is 35.5. The van der Waals surface area contributed by atoms with E-state index in [1.165, 1.54) is 25.7 Å². The van der Waals surface area contributed by atoms with Crippen LogP contribution in [0.15, 0.2) is 29.2 Å². The Balaban J connectivity index is 0.00000144. The molecule has 7 heteroatoms. The van der Waals surface area contributed by atoms with Gasteiger partial charge in [-0.25, -0.2) is 0 Å². The van der Waals surface area contributed by atoms with E-state index in [1.807, 2.05) is 24.3 Å². The average molecular weight is 399 g/mol. The van der Waals surface area contributed by atoms with Crippen LogP contribution in [0, 0.1) is 0 Å². The molecule has 1 aliphatic carbocycles. The Morgan fingerprint density at radius 2 is 1.75 bits per heavy atom. The Bertz CT molecular complexity index is 514. The summed E-state index contributed by atoms with van der Waals surface area (Å²) in [6.45, 7) is 5.44.